The van der Waals surface area contributed by atoms with Gasteiger partial charge in [0.25, 0.3) is 5.56 Å². The zero-order chi connectivity index (χ0) is 21.8. The first kappa shape index (κ1) is 18.8. The van der Waals surface area contributed by atoms with Gasteiger partial charge in [-0.05, 0) is 61.6 Å². The minimum absolute atomic E-state index is 0.0501. The van der Waals surface area contributed by atoms with E-state index in [9.17, 15) is 9.59 Å². The molecule has 6 rings (SSSR count). The van der Waals surface area contributed by atoms with Crippen molar-refractivity contribution in [3.8, 4) is 0 Å². The summed E-state index contributed by atoms with van der Waals surface area (Å²) in [5, 5.41) is 9.98. The van der Waals surface area contributed by atoms with E-state index in [4.69, 9.17) is 4.74 Å². The highest BCUT2D eigenvalue weighted by Gasteiger charge is 2.19. The molecule has 0 saturated heterocycles. The molecule has 160 valence electrons. The molecule has 0 saturated carbocycles. The monoisotopic (exact) mass is 427 g/mol. The summed E-state index contributed by atoms with van der Waals surface area (Å²) in [5.74, 6) is 0.448. The Bertz CT molecular complexity index is 1590. The van der Waals surface area contributed by atoms with Gasteiger partial charge in [-0.3, -0.25) is 13.8 Å². The molecule has 3 heterocycles. The number of ether oxygens (including phenoxy) is 1. The Balaban J connectivity index is 1.34. The van der Waals surface area contributed by atoms with Crippen molar-refractivity contribution in [1.29, 1.82) is 0 Å². The van der Waals surface area contributed by atoms with Crippen LogP contribution in [0.15, 0.2) is 47.3 Å². The third-order valence-electron chi connectivity index (χ3n) is 6.36. The van der Waals surface area contributed by atoms with Crippen molar-refractivity contribution in [3.63, 3.8) is 0 Å². The second-order valence-electron chi connectivity index (χ2n) is 8.26. The van der Waals surface area contributed by atoms with Crippen molar-refractivity contribution in [1.82, 2.24) is 24.1 Å². The number of esters is 1. The van der Waals surface area contributed by atoms with Gasteiger partial charge < -0.3 is 9.72 Å². The van der Waals surface area contributed by atoms with Crippen LogP contribution in [0.3, 0.4) is 0 Å². The van der Waals surface area contributed by atoms with Crippen molar-refractivity contribution in [2.75, 3.05) is 0 Å². The molecule has 8 heteroatoms. The van der Waals surface area contributed by atoms with Crippen LogP contribution in [0.5, 0.6) is 0 Å². The number of nitrogens with zero attached hydrogens (tertiary/aromatic N) is 4. The predicted molar refractivity (Wildman–Crippen MR) is 120 cm³/mol. The van der Waals surface area contributed by atoms with E-state index in [0.717, 1.165) is 23.7 Å². The lowest BCUT2D eigenvalue weighted by Gasteiger charge is -2.10. The lowest BCUT2D eigenvalue weighted by Crippen LogP contribution is -2.20. The van der Waals surface area contributed by atoms with Crippen LogP contribution in [-0.4, -0.2) is 30.1 Å². The van der Waals surface area contributed by atoms with E-state index in [2.05, 4.69) is 15.2 Å². The summed E-state index contributed by atoms with van der Waals surface area (Å²) < 4.78 is 8.82. The number of aromatic nitrogens is 5. The molecule has 0 aliphatic heterocycles. The number of para-hydroxylation sites is 1. The molecule has 1 aliphatic rings. The number of aryl methyl sites for hydroxylation is 3. The van der Waals surface area contributed by atoms with Crippen molar-refractivity contribution >= 4 is 33.6 Å². The van der Waals surface area contributed by atoms with Gasteiger partial charge in [0.15, 0.2) is 12.4 Å². The second kappa shape index (κ2) is 7.05. The zero-order valence-corrected chi connectivity index (χ0v) is 17.6. The van der Waals surface area contributed by atoms with Crippen LogP contribution < -0.4 is 5.56 Å². The second-order valence-corrected chi connectivity index (χ2v) is 8.26. The van der Waals surface area contributed by atoms with Crippen molar-refractivity contribution in [2.45, 2.75) is 32.3 Å². The first-order valence-electron chi connectivity index (χ1n) is 10.7. The molecule has 0 atom stereocenters. The molecule has 0 bridgehead atoms. The van der Waals surface area contributed by atoms with Crippen molar-refractivity contribution in [2.24, 2.45) is 7.05 Å². The van der Waals surface area contributed by atoms with E-state index >= 15 is 0 Å². The van der Waals surface area contributed by atoms with Crippen LogP contribution in [0.1, 0.15) is 40.3 Å². The summed E-state index contributed by atoms with van der Waals surface area (Å²) in [7, 11) is 1.65. The Kier molecular flexibility index (Phi) is 4.14. The fourth-order valence-corrected chi connectivity index (χ4v) is 4.73. The SMILES string of the molecule is Cn1c(=O)c2ccccc2n2c(COC(=O)c3ccc4[nH]c5c(c4c3)CCCC5)nnc12. The summed E-state index contributed by atoms with van der Waals surface area (Å²) in [5.41, 5.74) is 4.70. The number of H-pyrrole nitrogens is 1. The fourth-order valence-electron chi connectivity index (χ4n) is 4.73. The minimum Gasteiger partial charge on any atom is -0.454 e. The number of hydrogen-bond donors (Lipinski definition) is 1. The highest BCUT2D eigenvalue weighted by molar-refractivity contribution is 5.96. The molecule has 0 amide bonds. The Morgan fingerprint density at radius 2 is 1.94 bits per heavy atom. The van der Waals surface area contributed by atoms with Gasteiger partial charge in [-0.2, -0.15) is 0 Å². The molecule has 2 aromatic carbocycles. The van der Waals surface area contributed by atoms with Gasteiger partial charge in [-0.1, -0.05) is 12.1 Å². The smallest absolute Gasteiger partial charge is 0.338 e. The van der Waals surface area contributed by atoms with Crippen LogP contribution in [0.25, 0.3) is 27.6 Å². The lowest BCUT2D eigenvalue weighted by atomic mass is 9.95. The molecule has 0 radical (unpaired) electrons. The van der Waals surface area contributed by atoms with Crippen LogP contribution in [0.2, 0.25) is 0 Å². The van der Waals surface area contributed by atoms with Gasteiger partial charge in [0.1, 0.15) is 0 Å². The number of aromatic amines is 1. The summed E-state index contributed by atoms with van der Waals surface area (Å²) in [6, 6.07) is 12.9. The molecular formula is C24H21N5O3. The summed E-state index contributed by atoms with van der Waals surface area (Å²) in [4.78, 5) is 28.9. The van der Waals surface area contributed by atoms with E-state index in [-0.39, 0.29) is 12.2 Å². The predicted octanol–water partition coefficient (Wildman–Crippen LogP) is 3.30. The summed E-state index contributed by atoms with van der Waals surface area (Å²) in [6.45, 7) is -0.0501. The molecule has 0 spiro atoms. The minimum atomic E-state index is -0.413. The number of carbonyl (C=O) groups excluding carboxylic acids is 1. The quantitative estimate of drug-likeness (QED) is 0.446. The summed E-state index contributed by atoms with van der Waals surface area (Å²) in [6.07, 6.45) is 4.46. The molecule has 3 aromatic heterocycles. The Hall–Kier alpha value is -3.94. The van der Waals surface area contributed by atoms with E-state index < -0.39 is 5.97 Å². The van der Waals surface area contributed by atoms with Crippen LogP contribution in [0, 0.1) is 0 Å². The van der Waals surface area contributed by atoms with Gasteiger partial charge in [0, 0.05) is 23.6 Å². The molecule has 5 aromatic rings. The molecular weight excluding hydrogens is 406 g/mol. The summed E-state index contributed by atoms with van der Waals surface area (Å²) >= 11 is 0. The number of nitrogens with one attached hydrogen (secondary N) is 1. The molecule has 1 N–H and O–H groups in total. The number of hydrogen-bond acceptors (Lipinski definition) is 5. The van der Waals surface area contributed by atoms with Crippen LogP contribution >= 0.6 is 0 Å². The first-order valence-corrected chi connectivity index (χ1v) is 10.7. The molecule has 1 aliphatic carbocycles. The molecule has 8 nitrogen and oxygen atoms in total. The topological polar surface area (TPSA) is 94.3 Å². The fraction of sp³-hybridized carbons (Fsp3) is 0.250. The standard InChI is InChI=1S/C24H21N5O3/c1-28-22(30)16-7-3-5-9-20(16)29-21(26-27-24(28)29)13-32-23(31)14-10-11-19-17(12-14)15-6-2-4-8-18(15)25-19/h3,5,7,9-12,25H,2,4,6,8,13H2,1H3. The van der Waals surface area contributed by atoms with Gasteiger partial charge in [0.05, 0.1) is 16.5 Å². The largest absolute Gasteiger partial charge is 0.454 e. The first-order chi connectivity index (χ1) is 15.6. The van der Waals surface area contributed by atoms with Gasteiger partial charge in [0.2, 0.25) is 5.78 Å². The third kappa shape index (κ3) is 2.76. The highest BCUT2D eigenvalue weighted by atomic mass is 16.5. The Labute approximate surface area is 182 Å². The normalized spacial score (nSPS) is 13.7. The maximum Gasteiger partial charge on any atom is 0.338 e. The average Bonchev–Trinajstić information content (AvgIpc) is 3.42. The molecule has 0 unspecified atom stereocenters. The van der Waals surface area contributed by atoms with Gasteiger partial charge in [-0.25, -0.2) is 4.79 Å². The number of rotatable bonds is 3. The Morgan fingerprint density at radius 1 is 1.09 bits per heavy atom. The van der Waals surface area contributed by atoms with Crippen molar-refractivity contribution in [3.05, 3.63) is 75.5 Å². The molecule has 32 heavy (non-hydrogen) atoms. The van der Waals surface area contributed by atoms with Crippen molar-refractivity contribution < 1.29 is 9.53 Å². The van der Waals surface area contributed by atoms with E-state index in [1.807, 2.05) is 30.3 Å². The number of benzene rings is 2. The van der Waals surface area contributed by atoms with Crippen LogP contribution in [0.4, 0.5) is 0 Å². The lowest BCUT2D eigenvalue weighted by molar-refractivity contribution is 0.0461. The Morgan fingerprint density at radius 3 is 2.84 bits per heavy atom. The van der Waals surface area contributed by atoms with Gasteiger partial charge in [-0.15, -0.1) is 10.2 Å². The van der Waals surface area contributed by atoms with E-state index in [0.29, 0.717) is 28.1 Å². The van der Waals surface area contributed by atoms with E-state index in [1.54, 1.807) is 23.6 Å². The van der Waals surface area contributed by atoms with Gasteiger partial charge >= 0.3 is 5.97 Å². The van der Waals surface area contributed by atoms with Crippen LogP contribution in [-0.2, 0) is 31.2 Å². The maximum absolute atomic E-state index is 12.8. The average molecular weight is 427 g/mol. The molecule has 0 fully saturated rings. The zero-order valence-electron chi connectivity index (χ0n) is 17.6. The third-order valence-corrected chi connectivity index (χ3v) is 6.36. The number of carbonyl (C=O) groups is 1. The number of fused-ring (bicyclic) bond motifs is 6. The van der Waals surface area contributed by atoms with E-state index in [1.165, 1.54) is 28.7 Å². The highest BCUT2D eigenvalue weighted by Crippen LogP contribution is 2.30. The maximum atomic E-state index is 12.8.